The van der Waals surface area contributed by atoms with Gasteiger partial charge in [-0.05, 0) is 31.4 Å². The van der Waals surface area contributed by atoms with Crippen LogP contribution in [0.25, 0.3) is 0 Å². The monoisotopic (exact) mass is 294 g/mol. The Morgan fingerprint density at radius 3 is 2.65 bits per heavy atom. The van der Waals surface area contributed by atoms with Gasteiger partial charge in [0, 0.05) is 17.6 Å². The van der Waals surface area contributed by atoms with Crippen LogP contribution in [0, 0.1) is 0 Å². The van der Waals surface area contributed by atoms with Gasteiger partial charge in [0.2, 0.25) is 5.91 Å². The third kappa shape index (κ3) is 3.33. The minimum absolute atomic E-state index is 0.0213. The van der Waals surface area contributed by atoms with Crippen molar-refractivity contribution in [1.82, 2.24) is 10.2 Å². The molecule has 0 aliphatic carbocycles. The minimum atomic E-state index is -0.0614. The number of carbonyl (C=O) groups excluding carboxylic acids is 1. The van der Waals surface area contributed by atoms with Gasteiger partial charge in [-0.1, -0.05) is 43.6 Å². The molecule has 0 aromatic heterocycles. The average molecular weight is 295 g/mol. The van der Waals surface area contributed by atoms with Gasteiger partial charge < -0.3 is 10.2 Å². The van der Waals surface area contributed by atoms with Crippen molar-refractivity contribution in [2.45, 2.75) is 51.7 Å². The van der Waals surface area contributed by atoms with Gasteiger partial charge in [0.25, 0.3) is 0 Å². The zero-order valence-corrected chi connectivity index (χ0v) is 13.2. The molecule has 1 aromatic carbocycles. The molecular formula is C16H23ClN2O. The molecule has 1 aromatic rings. The molecule has 110 valence electrons. The average Bonchev–Trinajstić information content (AvgIpc) is 2.40. The molecule has 3 nitrogen and oxygen atoms in total. The van der Waals surface area contributed by atoms with Crippen LogP contribution in [0.4, 0.5) is 0 Å². The summed E-state index contributed by atoms with van der Waals surface area (Å²) >= 11 is 6.25. The summed E-state index contributed by atoms with van der Waals surface area (Å²) < 4.78 is 0. The van der Waals surface area contributed by atoms with E-state index < -0.39 is 0 Å². The lowest BCUT2D eigenvalue weighted by atomic mass is 9.99. The van der Waals surface area contributed by atoms with Crippen LogP contribution in [-0.4, -0.2) is 29.4 Å². The number of rotatable bonds is 4. The summed E-state index contributed by atoms with van der Waals surface area (Å²) in [5.41, 5.74) is 1.02. The Labute approximate surface area is 126 Å². The van der Waals surface area contributed by atoms with Crippen LogP contribution in [0.3, 0.4) is 0 Å². The highest BCUT2D eigenvalue weighted by Gasteiger charge is 2.32. The molecule has 1 fully saturated rings. The highest BCUT2D eigenvalue weighted by Crippen LogP contribution is 2.29. The van der Waals surface area contributed by atoms with E-state index in [1.165, 1.54) is 0 Å². The summed E-state index contributed by atoms with van der Waals surface area (Å²) in [7, 11) is 0. The number of halogens is 1. The number of benzene rings is 1. The van der Waals surface area contributed by atoms with Crippen LogP contribution in [0.2, 0.25) is 5.02 Å². The lowest BCUT2D eigenvalue weighted by molar-refractivity contribution is -0.138. The lowest BCUT2D eigenvalue weighted by Crippen LogP contribution is -2.52. The predicted octanol–water partition coefficient (Wildman–Crippen LogP) is 3.39. The maximum Gasteiger partial charge on any atom is 0.240 e. The Bertz CT molecular complexity index is 475. The maximum absolute atomic E-state index is 12.6. The Morgan fingerprint density at radius 2 is 2.00 bits per heavy atom. The van der Waals surface area contributed by atoms with E-state index in [2.05, 4.69) is 26.1 Å². The van der Waals surface area contributed by atoms with E-state index in [0.717, 1.165) is 30.0 Å². The van der Waals surface area contributed by atoms with E-state index in [0.29, 0.717) is 6.04 Å². The van der Waals surface area contributed by atoms with Gasteiger partial charge in [0.05, 0.1) is 12.1 Å². The molecule has 4 heteroatoms. The normalized spacial score (nSPS) is 21.4. The first-order chi connectivity index (χ1) is 9.50. The molecule has 0 spiro atoms. The van der Waals surface area contributed by atoms with Crippen LogP contribution in [0.5, 0.6) is 0 Å². The fourth-order valence-corrected chi connectivity index (χ4v) is 3.12. The van der Waals surface area contributed by atoms with Crippen molar-refractivity contribution < 1.29 is 4.79 Å². The summed E-state index contributed by atoms with van der Waals surface area (Å²) in [5.74, 6) is 0.192. The molecule has 1 aliphatic rings. The number of amides is 1. The second-order valence-corrected chi connectivity index (χ2v) is 6.15. The number of piperidine rings is 1. The molecule has 2 unspecified atom stereocenters. The first-order valence-corrected chi connectivity index (χ1v) is 7.69. The molecule has 0 bridgehead atoms. The SMILES string of the molecule is CC(C)NC1CCCN(C(C)c2ccccc2Cl)C1=O. The van der Waals surface area contributed by atoms with Crippen molar-refractivity contribution in [2.75, 3.05) is 6.54 Å². The molecule has 0 saturated carbocycles. The largest absolute Gasteiger partial charge is 0.335 e. The summed E-state index contributed by atoms with van der Waals surface area (Å²) in [6.45, 7) is 7.01. The van der Waals surface area contributed by atoms with E-state index in [1.807, 2.05) is 29.2 Å². The third-order valence-electron chi connectivity index (χ3n) is 3.83. The van der Waals surface area contributed by atoms with Gasteiger partial charge in [-0.15, -0.1) is 0 Å². The van der Waals surface area contributed by atoms with Crippen LogP contribution >= 0.6 is 11.6 Å². The van der Waals surface area contributed by atoms with Crippen LogP contribution in [-0.2, 0) is 4.79 Å². The Hall–Kier alpha value is -1.06. The Morgan fingerprint density at radius 1 is 1.30 bits per heavy atom. The quantitative estimate of drug-likeness (QED) is 0.923. The number of hydrogen-bond acceptors (Lipinski definition) is 2. The Balaban J connectivity index is 2.15. The minimum Gasteiger partial charge on any atom is -0.335 e. The van der Waals surface area contributed by atoms with E-state index in [4.69, 9.17) is 11.6 Å². The topological polar surface area (TPSA) is 32.3 Å². The standard InChI is InChI=1S/C16H23ClN2O/c1-11(2)18-15-9-6-10-19(16(15)20)12(3)13-7-4-5-8-14(13)17/h4-5,7-8,11-12,15,18H,6,9-10H2,1-3H3. The van der Waals surface area contributed by atoms with Gasteiger partial charge in [-0.2, -0.15) is 0 Å². The lowest BCUT2D eigenvalue weighted by Gasteiger charge is -2.38. The molecular weight excluding hydrogens is 272 g/mol. The van der Waals surface area contributed by atoms with Gasteiger partial charge >= 0.3 is 0 Å². The van der Waals surface area contributed by atoms with E-state index in [1.54, 1.807) is 0 Å². The smallest absolute Gasteiger partial charge is 0.240 e. The second-order valence-electron chi connectivity index (χ2n) is 5.75. The van der Waals surface area contributed by atoms with Crippen molar-refractivity contribution in [1.29, 1.82) is 0 Å². The third-order valence-corrected chi connectivity index (χ3v) is 4.17. The number of hydrogen-bond donors (Lipinski definition) is 1. The first-order valence-electron chi connectivity index (χ1n) is 7.31. The molecule has 2 rings (SSSR count). The molecule has 20 heavy (non-hydrogen) atoms. The fraction of sp³-hybridized carbons (Fsp3) is 0.562. The van der Waals surface area contributed by atoms with E-state index >= 15 is 0 Å². The molecule has 1 heterocycles. The van der Waals surface area contributed by atoms with Crippen LogP contribution in [0.1, 0.15) is 45.2 Å². The van der Waals surface area contributed by atoms with Gasteiger partial charge in [0.15, 0.2) is 0 Å². The highest BCUT2D eigenvalue weighted by molar-refractivity contribution is 6.31. The number of nitrogens with zero attached hydrogens (tertiary/aromatic N) is 1. The number of nitrogens with one attached hydrogen (secondary N) is 1. The van der Waals surface area contributed by atoms with Gasteiger partial charge in [-0.3, -0.25) is 4.79 Å². The van der Waals surface area contributed by atoms with E-state index in [9.17, 15) is 4.79 Å². The number of likely N-dealkylation sites (tertiary alicyclic amines) is 1. The van der Waals surface area contributed by atoms with Crippen LogP contribution in [0.15, 0.2) is 24.3 Å². The fourth-order valence-electron chi connectivity index (χ4n) is 2.82. The summed E-state index contributed by atoms with van der Waals surface area (Å²) in [6.07, 6.45) is 1.95. The first kappa shape index (κ1) is 15.3. The summed E-state index contributed by atoms with van der Waals surface area (Å²) in [5, 5.41) is 4.09. The second kappa shape index (κ2) is 6.59. The zero-order chi connectivity index (χ0) is 14.7. The highest BCUT2D eigenvalue weighted by atomic mass is 35.5. The van der Waals surface area contributed by atoms with Crippen molar-refractivity contribution in [3.63, 3.8) is 0 Å². The van der Waals surface area contributed by atoms with Gasteiger partial charge in [-0.25, -0.2) is 0 Å². The summed E-state index contributed by atoms with van der Waals surface area (Å²) in [4.78, 5) is 14.6. The van der Waals surface area contributed by atoms with Crippen LogP contribution < -0.4 is 5.32 Å². The molecule has 2 atom stereocenters. The van der Waals surface area contributed by atoms with Crippen molar-refractivity contribution in [3.8, 4) is 0 Å². The number of carbonyl (C=O) groups is 1. The zero-order valence-electron chi connectivity index (χ0n) is 12.4. The molecule has 0 radical (unpaired) electrons. The maximum atomic E-state index is 12.6. The Kier molecular flexibility index (Phi) is 5.06. The molecule has 1 amide bonds. The molecule has 1 aliphatic heterocycles. The molecule has 1 N–H and O–H groups in total. The van der Waals surface area contributed by atoms with Crippen molar-refractivity contribution in [3.05, 3.63) is 34.9 Å². The predicted molar refractivity (Wildman–Crippen MR) is 82.9 cm³/mol. The van der Waals surface area contributed by atoms with Crippen molar-refractivity contribution in [2.24, 2.45) is 0 Å². The molecule has 1 saturated heterocycles. The van der Waals surface area contributed by atoms with Crippen molar-refractivity contribution >= 4 is 17.5 Å². The summed E-state index contributed by atoms with van der Waals surface area (Å²) in [6, 6.07) is 8.04. The van der Waals surface area contributed by atoms with E-state index in [-0.39, 0.29) is 18.0 Å². The van der Waals surface area contributed by atoms with Gasteiger partial charge in [0.1, 0.15) is 0 Å².